The molecule has 290 valence electrons. The lowest BCUT2D eigenvalue weighted by Crippen LogP contribution is -2.12. The molecule has 0 bridgehead atoms. The van der Waals surface area contributed by atoms with Crippen LogP contribution in [0.1, 0.15) is 0 Å². The monoisotopic (exact) mass is 805 g/mol. The SMILES string of the molecule is c1ccc(-c2ccccc2N(c2ccc3c4ccccc4c4ccccc4c4ccccc4c4cc5c(cc4c3c2)sc2ccccc25)c2ccccc2-c2ccccc2)cc1. The van der Waals surface area contributed by atoms with Crippen LogP contribution in [0.15, 0.2) is 237 Å². The molecule has 0 saturated heterocycles. The zero-order valence-corrected chi connectivity index (χ0v) is 34.7. The van der Waals surface area contributed by atoms with E-state index in [2.05, 4.69) is 241 Å². The van der Waals surface area contributed by atoms with E-state index in [0.717, 1.165) is 17.1 Å². The largest absolute Gasteiger partial charge is 0.309 e. The third-order valence-electron chi connectivity index (χ3n) is 12.5. The van der Waals surface area contributed by atoms with Crippen molar-refractivity contribution in [2.75, 3.05) is 4.90 Å². The van der Waals surface area contributed by atoms with Gasteiger partial charge in [0.2, 0.25) is 0 Å². The van der Waals surface area contributed by atoms with Gasteiger partial charge in [-0.1, -0.05) is 194 Å². The van der Waals surface area contributed by atoms with Gasteiger partial charge in [-0.25, -0.2) is 0 Å². The normalized spacial score (nSPS) is 11.5. The molecule has 0 saturated carbocycles. The summed E-state index contributed by atoms with van der Waals surface area (Å²) in [6.45, 7) is 0. The minimum absolute atomic E-state index is 1.08. The van der Waals surface area contributed by atoms with E-state index in [1.807, 2.05) is 11.3 Å². The van der Waals surface area contributed by atoms with E-state index in [1.165, 1.54) is 96.3 Å². The lowest BCUT2D eigenvalue weighted by Gasteiger charge is -2.30. The molecule has 0 aliphatic heterocycles. The molecule has 0 unspecified atom stereocenters. The van der Waals surface area contributed by atoms with Crippen molar-refractivity contribution >= 4 is 102 Å². The smallest absolute Gasteiger partial charge is 0.0540 e. The lowest BCUT2D eigenvalue weighted by molar-refractivity contribution is 1.29. The van der Waals surface area contributed by atoms with Gasteiger partial charge in [0.05, 0.1) is 11.4 Å². The zero-order valence-electron chi connectivity index (χ0n) is 33.9. The molecular formula is C60H39NS. The predicted octanol–water partition coefficient (Wildman–Crippen LogP) is 17.7. The third-order valence-corrected chi connectivity index (χ3v) is 13.6. The Hall–Kier alpha value is -7.78. The maximum Gasteiger partial charge on any atom is 0.0540 e. The first-order valence-corrected chi connectivity index (χ1v) is 22.1. The molecule has 1 nitrogen and oxygen atoms in total. The lowest BCUT2D eigenvalue weighted by atomic mass is 9.93. The van der Waals surface area contributed by atoms with E-state index in [-0.39, 0.29) is 0 Å². The van der Waals surface area contributed by atoms with Crippen LogP contribution in [0.25, 0.3) is 96.3 Å². The van der Waals surface area contributed by atoms with Gasteiger partial charge in [0, 0.05) is 37.0 Å². The van der Waals surface area contributed by atoms with Crippen LogP contribution in [0.5, 0.6) is 0 Å². The number of hydrogen-bond donors (Lipinski definition) is 0. The molecule has 1 heterocycles. The molecular weight excluding hydrogens is 767 g/mol. The van der Waals surface area contributed by atoms with Gasteiger partial charge in [0.25, 0.3) is 0 Å². The Labute approximate surface area is 364 Å². The topological polar surface area (TPSA) is 3.24 Å². The molecule has 0 spiro atoms. The van der Waals surface area contributed by atoms with Crippen LogP contribution in [0.2, 0.25) is 0 Å². The maximum atomic E-state index is 2.48. The van der Waals surface area contributed by atoms with E-state index in [1.54, 1.807) is 0 Å². The molecule has 12 rings (SSSR count). The fraction of sp³-hybridized carbons (Fsp3) is 0. The molecule has 0 atom stereocenters. The van der Waals surface area contributed by atoms with Crippen molar-refractivity contribution in [3.05, 3.63) is 237 Å². The van der Waals surface area contributed by atoms with Gasteiger partial charge in [-0.3, -0.25) is 0 Å². The van der Waals surface area contributed by atoms with E-state index < -0.39 is 0 Å². The minimum atomic E-state index is 1.08. The van der Waals surface area contributed by atoms with Crippen molar-refractivity contribution in [2.24, 2.45) is 0 Å². The Morgan fingerprint density at radius 2 is 0.629 bits per heavy atom. The summed E-state index contributed by atoms with van der Waals surface area (Å²) in [6, 6.07) is 87.1. The number of rotatable bonds is 5. The van der Waals surface area contributed by atoms with Gasteiger partial charge in [-0.05, 0) is 107 Å². The van der Waals surface area contributed by atoms with Crippen LogP contribution in [0.3, 0.4) is 0 Å². The summed E-state index contributed by atoms with van der Waals surface area (Å²) < 4.78 is 2.58. The molecule has 1 aromatic heterocycles. The summed E-state index contributed by atoms with van der Waals surface area (Å²) >= 11 is 1.88. The number of thiophene rings is 1. The molecule has 0 radical (unpaired) electrons. The van der Waals surface area contributed by atoms with Crippen LogP contribution < -0.4 is 4.90 Å². The Bertz CT molecular complexity index is 3670. The van der Waals surface area contributed by atoms with Gasteiger partial charge in [-0.15, -0.1) is 11.3 Å². The molecule has 0 aliphatic carbocycles. The predicted molar refractivity (Wildman–Crippen MR) is 270 cm³/mol. The van der Waals surface area contributed by atoms with E-state index >= 15 is 0 Å². The fourth-order valence-corrected chi connectivity index (χ4v) is 10.8. The first kappa shape index (κ1) is 36.1. The highest BCUT2D eigenvalue weighted by molar-refractivity contribution is 7.25. The first-order valence-electron chi connectivity index (χ1n) is 21.3. The standard InChI is InChI=1S/C60H39NS/c1-3-19-40(20-4-1)43-23-13-16-32-57(43)61(58-33-17-14-24-44(58)41-21-5-2-6-22-41)42-35-36-51-49-29-10-9-27-47(49)45-25-7-8-26-46(45)48-28-11-12-30-50(48)54-38-56-52-31-15-18-34-59(52)62-60(56)39-55(54)53(51)37-42/h1-39H. The molecule has 62 heavy (non-hydrogen) atoms. The molecule has 0 N–H and O–H groups in total. The van der Waals surface area contributed by atoms with Crippen LogP contribution in [0, 0.1) is 0 Å². The minimum Gasteiger partial charge on any atom is -0.309 e. The molecule has 0 fully saturated rings. The number of hydrogen-bond acceptors (Lipinski definition) is 2. The van der Waals surface area contributed by atoms with Gasteiger partial charge in [-0.2, -0.15) is 0 Å². The van der Waals surface area contributed by atoms with Gasteiger partial charge < -0.3 is 4.90 Å². The second-order valence-corrected chi connectivity index (χ2v) is 17.0. The molecule has 12 aromatic rings. The van der Waals surface area contributed by atoms with E-state index in [4.69, 9.17) is 0 Å². The summed E-state index contributed by atoms with van der Waals surface area (Å²) in [5, 5.41) is 14.8. The Morgan fingerprint density at radius 1 is 0.242 bits per heavy atom. The zero-order chi connectivity index (χ0) is 41.0. The molecule has 0 amide bonds. The first-order chi connectivity index (χ1) is 30.8. The quantitative estimate of drug-likeness (QED) is 0.167. The van der Waals surface area contributed by atoms with Crippen molar-refractivity contribution < 1.29 is 0 Å². The van der Waals surface area contributed by atoms with Crippen LogP contribution in [-0.2, 0) is 0 Å². The van der Waals surface area contributed by atoms with Crippen LogP contribution >= 0.6 is 11.3 Å². The maximum absolute atomic E-state index is 2.48. The highest BCUT2D eigenvalue weighted by atomic mass is 32.1. The van der Waals surface area contributed by atoms with Crippen molar-refractivity contribution in [3.8, 4) is 22.3 Å². The summed E-state index contributed by atoms with van der Waals surface area (Å²) in [5.74, 6) is 0. The average molecular weight is 806 g/mol. The van der Waals surface area contributed by atoms with Crippen LogP contribution in [-0.4, -0.2) is 0 Å². The number of benzene rings is 10. The van der Waals surface area contributed by atoms with Crippen LogP contribution in [0.4, 0.5) is 17.1 Å². The number of anilines is 3. The Balaban J connectivity index is 1.29. The number of nitrogens with zero attached hydrogens (tertiary/aromatic N) is 1. The number of para-hydroxylation sites is 2. The second-order valence-electron chi connectivity index (χ2n) is 16.0. The highest BCUT2D eigenvalue weighted by Crippen LogP contribution is 2.47. The third kappa shape index (κ3) is 5.99. The van der Waals surface area contributed by atoms with Gasteiger partial charge >= 0.3 is 0 Å². The molecule has 11 aromatic carbocycles. The Morgan fingerprint density at radius 3 is 1.16 bits per heavy atom. The molecule has 2 heteroatoms. The van der Waals surface area contributed by atoms with Crippen molar-refractivity contribution in [1.29, 1.82) is 0 Å². The average Bonchev–Trinajstić information content (AvgIpc) is 3.72. The van der Waals surface area contributed by atoms with E-state index in [0.29, 0.717) is 0 Å². The summed E-state index contributed by atoms with van der Waals surface area (Å²) in [7, 11) is 0. The summed E-state index contributed by atoms with van der Waals surface area (Å²) in [6.07, 6.45) is 0. The van der Waals surface area contributed by atoms with Gasteiger partial charge in [0.1, 0.15) is 0 Å². The van der Waals surface area contributed by atoms with Gasteiger partial charge in [0.15, 0.2) is 0 Å². The summed E-state index contributed by atoms with van der Waals surface area (Å²) in [4.78, 5) is 2.48. The van der Waals surface area contributed by atoms with Crippen molar-refractivity contribution in [1.82, 2.24) is 0 Å². The highest BCUT2D eigenvalue weighted by Gasteiger charge is 2.21. The Kier molecular flexibility index (Phi) is 8.76. The van der Waals surface area contributed by atoms with E-state index in [9.17, 15) is 0 Å². The molecule has 0 aliphatic rings. The number of fused-ring (bicyclic) bond motifs is 13. The second kappa shape index (κ2) is 15.0. The van der Waals surface area contributed by atoms with Crippen molar-refractivity contribution in [3.63, 3.8) is 0 Å². The summed E-state index contributed by atoms with van der Waals surface area (Å²) in [5.41, 5.74) is 7.99. The van der Waals surface area contributed by atoms with Crippen molar-refractivity contribution in [2.45, 2.75) is 0 Å². The fourth-order valence-electron chi connectivity index (χ4n) is 9.67.